The molecule has 0 fully saturated rings. The number of aromatic nitrogens is 2. The summed E-state index contributed by atoms with van der Waals surface area (Å²) < 4.78 is 6.25. The lowest BCUT2D eigenvalue weighted by Crippen LogP contribution is -2.00. The highest BCUT2D eigenvalue weighted by atomic mass is 16.5. The number of aryl methyl sites for hydroxylation is 1. The Bertz CT molecular complexity index is 1010. The molecule has 0 bridgehead atoms. The van der Waals surface area contributed by atoms with Gasteiger partial charge in [-0.2, -0.15) is 0 Å². The number of benzene rings is 1. The van der Waals surface area contributed by atoms with E-state index in [0.29, 0.717) is 5.65 Å². The number of pyridine rings is 1. The molecule has 126 valence electrons. The van der Waals surface area contributed by atoms with E-state index < -0.39 is 11.9 Å². The zero-order valence-electron chi connectivity index (χ0n) is 13.5. The van der Waals surface area contributed by atoms with Gasteiger partial charge in [-0.1, -0.05) is 18.2 Å². The standard InChI is InChI=1S/C17H14N4O4/c1-10-6-5-9-21-14(10)18-13(16(22)23)15(21)20-19-12-8-4-3-7-11(12)17(24)25-2/h3-9H,1-2H3,(H,22,23). The molecule has 3 rings (SSSR count). The van der Waals surface area contributed by atoms with E-state index in [9.17, 15) is 14.7 Å². The van der Waals surface area contributed by atoms with Gasteiger partial charge in [0.2, 0.25) is 0 Å². The molecule has 8 nitrogen and oxygen atoms in total. The molecular weight excluding hydrogens is 324 g/mol. The molecule has 0 unspecified atom stereocenters. The van der Waals surface area contributed by atoms with Gasteiger partial charge in [0.25, 0.3) is 0 Å². The molecule has 0 atom stereocenters. The topological polar surface area (TPSA) is 106 Å². The van der Waals surface area contributed by atoms with Crippen molar-refractivity contribution in [2.24, 2.45) is 10.2 Å². The van der Waals surface area contributed by atoms with Gasteiger partial charge in [0, 0.05) is 6.20 Å². The van der Waals surface area contributed by atoms with Crippen molar-refractivity contribution in [3.8, 4) is 0 Å². The van der Waals surface area contributed by atoms with Crippen LogP contribution in [0.3, 0.4) is 0 Å². The second-order valence-electron chi connectivity index (χ2n) is 5.18. The minimum Gasteiger partial charge on any atom is -0.476 e. The molecule has 0 aliphatic heterocycles. The Morgan fingerprint density at radius 2 is 1.92 bits per heavy atom. The normalized spacial score (nSPS) is 11.1. The fourth-order valence-electron chi connectivity index (χ4n) is 2.38. The first kappa shape index (κ1) is 16.3. The number of nitrogens with zero attached hydrogens (tertiary/aromatic N) is 4. The van der Waals surface area contributed by atoms with Gasteiger partial charge in [0.15, 0.2) is 11.5 Å². The number of carbonyl (C=O) groups excluding carboxylic acids is 1. The van der Waals surface area contributed by atoms with Gasteiger partial charge in [-0.3, -0.25) is 4.40 Å². The maximum atomic E-state index is 11.8. The zero-order chi connectivity index (χ0) is 18.0. The van der Waals surface area contributed by atoms with Crippen molar-refractivity contribution in [3.05, 3.63) is 59.4 Å². The molecule has 0 radical (unpaired) electrons. The number of carboxylic acid groups (broad SMARTS) is 1. The predicted molar refractivity (Wildman–Crippen MR) is 88.8 cm³/mol. The van der Waals surface area contributed by atoms with Crippen molar-refractivity contribution >= 4 is 29.1 Å². The summed E-state index contributed by atoms with van der Waals surface area (Å²) in [6.45, 7) is 1.82. The summed E-state index contributed by atoms with van der Waals surface area (Å²) in [6, 6.07) is 10.1. The third kappa shape index (κ3) is 2.97. The van der Waals surface area contributed by atoms with E-state index in [-0.39, 0.29) is 22.8 Å². The summed E-state index contributed by atoms with van der Waals surface area (Å²) in [6.07, 6.45) is 1.66. The van der Waals surface area contributed by atoms with Gasteiger partial charge in [-0.15, -0.1) is 10.2 Å². The Hall–Kier alpha value is -3.55. The highest BCUT2D eigenvalue weighted by Crippen LogP contribution is 2.27. The van der Waals surface area contributed by atoms with Gasteiger partial charge >= 0.3 is 11.9 Å². The number of methoxy groups -OCH3 is 1. The van der Waals surface area contributed by atoms with Crippen LogP contribution in [0.4, 0.5) is 11.5 Å². The third-order valence-corrected chi connectivity index (χ3v) is 3.58. The fourth-order valence-corrected chi connectivity index (χ4v) is 2.38. The predicted octanol–water partition coefficient (Wildman–Crippen LogP) is 3.54. The lowest BCUT2D eigenvalue weighted by Gasteiger charge is -2.02. The molecule has 1 aromatic carbocycles. The third-order valence-electron chi connectivity index (χ3n) is 3.58. The summed E-state index contributed by atoms with van der Waals surface area (Å²) >= 11 is 0. The minimum absolute atomic E-state index is 0.0749. The van der Waals surface area contributed by atoms with Crippen LogP contribution < -0.4 is 0 Å². The van der Waals surface area contributed by atoms with Crippen molar-refractivity contribution in [2.45, 2.75) is 6.92 Å². The molecule has 0 aliphatic rings. The first-order chi connectivity index (χ1) is 12.0. The van der Waals surface area contributed by atoms with Gasteiger partial charge < -0.3 is 9.84 Å². The number of imidazole rings is 1. The second kappa shape index (κ2) is 6.52. The molecule has 2 aromatic heterocycles. The van der Waals surface area contributed by atoms with Crippen molar-refractivity contribution in [2.75, 3.05) is 7.11 Å². The van der Waals surface area contributed by atoms with Crippen LogP contribution >= 0.6 is 0 Å². The van der Waals surface area contributed by atoms with Gasteiger partial charge in [-0.05, 0) is 30.7 Å². The van der Waals surface area contributed by atoms with Crippen LogP contribution in [0.15, 0.2) is 52.8 Å². The Kier molecular flexibility index (Phi) is 4.25. The maximum Gasteiger partial charge on any atom is 0.358 e. The van der Waals surface area contributed by atoms with Crippen LogP contribution in [0.25, 0.3) is 5.65 Å². The number of carbonyl (C=O) groups is 2. The first-order valence-electron chi connectivity index (χ1n) is 7.33. The van der Waals surface area contributed by atoms with E-state index in [4.69, 9.17) is 4.74 Å². The first-order valence-corrected chi connectivity index (χ1v) is 7.33. The summed E-state index contributed by atoms with van der Waals surface area (Å²) in [5.41, 5.74) is 1.58. The minimum atomic E-state index is -1.21. The van der Waals surface area contributed by atoms with Crippen LogP contribution in [0.1, 0.15) is 26.4 Å². The molecule has 0 saturated heterocycles. The molecule has 0 saturated carbocycles. The van der Waals surface area contributed by atoms with E-state index in [0.717, 1.165) is 5.56 Å². The number of esters is 1. The molecule has 8 heteroatoms. The molecule has 3 aromatic rings. The van der Waals surface area contributed by atoms with Crippen LogP contribution in [0.2, 0.25) is 0 Å². The van der Waals surface area contributed by atoms with Crippen LogP contribution in [0, 0.1) is 6.92 Å². The average molecular weight is 338 g/mol. The maximum absolute atomic E-state index is 11.8. The Labute approximate surface area is 142 Å². The smallest absolute Gasteiger partial charge is 0.358 e. The summed E-state index contributed by atoms with van der Waals surface area (Å²) in [5, 5.41) is 17.5. The van der Waals surface area contributed by atoms with Gasteiger partial charge in [0.05, 0.1) is 12.7 Å². The summed E-state index contributed by atoms with van der Waals surface area (Å²) in [7, 11) is 1.27. The molecule has 0 spiro atoms. The number of rotatable bonds is 4. The lowest BCUT2D eigenvalue weighted by atomic mass is 10.2. The van der Waals surface area contributed by atoms with Crippen molar-refractivity contribution < 1.29 is 19.4 Å². The highest BCUT2D eigenvalue weighted by molar-refractivity contribution is 5.95. The molecule has 0 aliphatic carbocycles. The van der Waals surface area contributed by atoms with Crippen LogP contribution in [-0.2, 0) is 4.74 Å². The number of hydrogen-bond acceptors (Lipinski definition) is 6. The van der Waals surface area contributed by atoms with Gasteiger partial charge in [-0.25, -0.2) is 14.6 Å². The highest BCUT2D eigenvalue weighted by Gasteiger charge is 2.19. The molecule has 25 heavy (non-hydrogen) atoms. The number of hydrogen-bond donors (Lipinski definition) is 1. The Morgan fingerprint density at radius 1 is 1.16 bits per heavy atom. The van der Waals surface area contributed by atoms with Crippen LogP contribution in [-0.4, -0.2) is 33.5 Å². The summed E-state index contributed by atoms with van der Waals surface area (Å²) in [5.74, 6) is -1.69. The number of aromatic carboxylic acids is 1. The average Bonchev–Trinajstić information content (AvgIpc) is 3.00. The SMILES string of the molecule is COC(=O)c1ccccc1N=Nc1c(C(=O)O)nc2c(C)cccn12. The number of fused-ring (bicyclic) bond motifs is 1. The number of carboxylic acids is 1. The van der Waals surface area contributed by atoms with E-state index in [1.807, 2.05) is 13.0 Å². The monoisotopic (exact) mass is 338 g/mol. The molecule has 2 heterocycles. The van der Waals surface area contributed by atoms with E-state index in [1.165, 1.54) is 7.11 Å². The van der Waals surface area contributed by atoms with Crippen molar-refractivity contribution in [3.63, 3.8) is 0 Å². The quantitative estimate of drug-likeness (QED) is 0.578. The Morgan fingerprint density at radius 3 is 2.64 bits per heavy atom. The van der Waals surface area contributed by atoms with E-state index in [2.05, 4.69) is 15.2 Å². The van der Waals surface area contributed by atoms with E-state index >= 15 is 0 Å². The van der Waals surface area contributed by atoms with Crippen molar-refractivity contribution in [1.82, 2.24) is 9.38 Å². The number of ether oxygens (including phenoxy) is 1. The lowest BCUT2D eigenvalue weighted by molar-refractivity contribution is 0.0600. The molecular formula is C17H14N4O4. The van der Waals surface area contributed by atoms with Gasteiger partial charge in [0.1, 0.15) is 11.3 Å². The van der Waals surface area contributed by atoms with Crippen molar-refractivity contribution in [1.29, 1.82) is 0 Å². The fraction of sp³-hybridized carbons (Fsp3) is 0.118. The second-order valence-corrected chi connectivity index (χ2v) is 5.18. The number of azo groups is 1. The van der Waals surface area contributed by atoms with E-state index in [1.54, 1.807) is 40.9 Å². The zero-order valence-corrected chi connectivity index (χ0v) is 13.5. The van der Waals surface area contributed by atoms with Crippen LogP contribution in [0.5, 0.6) is 0 Å². The molecule has 0 amide bonds. The summed E-state index contributed by atoms with van der Waals surface area (Å²) in [4.78, 5) is 27.4. The molecule has 1 N–H and O–H groups in total. The largest absolute Gasteiger partial charge is 0.476 e. The Balaban J connectivity index is 2.14.